The average molecular weight is 414 g/mol. The summed E-state index contributed by atoms with van der Waals surface area (Å²) >= 11 is 0. The summed E-state index contributed by atoms with van der Waals surface area (Å²) in [5, 5.41) is 0.785. The highest BCUT2D eigenvalue weighted by molar-refractivity contribution is 6.07. The maximum Gasteiger partial charge on any atom is 0.258 e. The zero-order valence-electron chi connectivity index (χ0n) is 18.1. The molecule has 0 spiro atoms. The smallest absolute Gasteiger partial charge is 0.258 e. The summed E-state index contributed by atoms with van der Waals surface area (Å²) < 4.78 is 11.1. The van der Waals surface area contributed by atoms with Gasteiger partial charge in [-0.05, 0) is 51.3 Å². The van der Waals surface area contributed by atoms with Crippen molar-refractivity contribution in [3.8, 4) is 5.75 Å². The molecule has 2 aliphatic heterocycles. The molecule has 1 aromatic heterocycles. The second kappa shape index (κ2) is 8.68. The molecule has 7 nitrogen and oxygen atoms in total. The van der Waals surface area contributed by atoms with E-state index in [2.05, 4.69) is 4.90 Å². The van der Waals surface area contributed by atoms with Crippen LogP contribution in [-0.4, -0.2) is 78.9 Å². The molecule has 2 saturated heterocycles. The number of piperazine rings is 1. The molecule has 30 heavy (non-hydrogen) atoms. The molecule has 4 rings (SSSR count). The lowest BCUT2D eigenvalue weighted by Gasteiger charge is -2.39. The number of rotatable bonds is 4. The number of carbonyl (C=O) groups excluding carboxylic acids is 2. The fourth-order valence-electron chi connectivity index (χ4n) is 4.60. The third-order valence-corrected chi connectivity index (χ3v) is 6.46. The van der Waals surface area contributed by atoms with E-state index in [1.165, 1.54) is 6.42 Å². The Labute approximate surface area is 177 Å². The largest absolute Gasteiger partial charge is 0.497 e. The van der Waals surface area contributed by atoms with E-state index in [0.717, 1.165) is 31.3 Å². The van der Waals surface area contributed by atoms with Crippen LogP contribution < -0.4 is 4.74 Å². The summed E-state index contributed by atoms with van der Waals surface area (Å²) in [6.45, 7) is 8.17. The van der Waals surface area contributed by atoms with Crippen LogP contribution in [0.25, 0.3) is 11.0 Å². The molecule has 0 radical (unpaired) electrons. The number of carbonyl (C=O) groups is 2. The van der Waals surface area contributed by atoms with Gasteiger partial charge in [0.15, 0.2) is 0 Å². The van der Waals surface area contributed by atoms with Crippen LogP contribution in [0.15, 0.2) is 22.6 Å². The predicted octanol–water partition coefficient (Wildman–Crippen LogP) is 2.91. The Morgan fingerprint density at radius 1 is 1.00 bits per heavy atom. The Bertz CT molecular complexity index is 924. The van der Waals surface area contributed by atoms with Gasteiger partial charge in [-0.3, -0.25) is 14.5 Å². The van der Waals surface area contributed by atoms with Crippen LogP contribution in [0, 0.1) is 6.92 Å². The normalized spacial score (nSPS) is 19.2. The lowest BCUT2D eigenvalue weighted by Crippen LogP contribution is -2.56. The summed E-state index contributed by atoms with van der Waals surface area (Å²) in [5.41, 5.74) is 1.30. The Hall–Kier alpha value is -2.54. The van der Waals surface area contributed by atoms with E-state index in [0.29, 0.717) is 48.8 Å². The monoisotopic (exact) mass is 413 g/mol. The third-order valence-electron chi connectivity index (χ3n) is 6.46. The van der Waals surface area contributed by atoms with E-state index >= 15 is 0 Å². The number of likely N-dealkylation sites (tertiary alicyclic amines) is 1. The number of benzene rings is 1. The second-order valence-electron chi connectivity index (χ2n) is 8.29. The van der Waals surface area contributed by atoms with Gasteiger partial charge in [0.05, 0.1) is 18.7 Å². The number of fused-ring (bicyclic) bond motifs is 1. The van der Waals surface area contributed by atoms with Crippen LogP contribution in [-0.2, 0) is 4.79 Å². The predicted molar refractivity (Wildman–Crippen MR) is 115 cm³/mol. The first-order valence-corrected chi connectivity index (χ1v) is 10.9. The first kappa shape index (κ1) is 20.7. The van der Waals surface area contributed by atoms with Crippen molar-refractivity contribution >= 4 is 22.8 Å². The molecule has 1 aromatic carbocycles. The second-order valence-corrected chi connectivity index (χ2v) is 8.29. The number of amides is 2. The number of aryl methyl sites for hydroxylation is 1. The van der Waals surface area contributed by atoms with Gasteiger partial charge in [-0.25, -0.2) is 0 Å². The summed E-state index contributed by atoms with van der Waals surface area (Å²) in [5.74, 6) is 1.53. The fourth-order valence-corrected chi connectivity index (χ4v) is 4.60. The van der Waals surface area contributed by atoms with Gasteiger partial charge >= 0.3 is 0 Å². The Balaban J connectivity index is 1.43. The molecule has 0 saturated carbocycles. The quantitative estimate of drug-likeness (QED) is 0.771. The number of hydrogen-bond acceptors (Lipinski definition) is 5. The van der Waals surface area contributed by atoms with Gasteiger partial charge in [-0.1, -0.05) is 0 Å². The van der Waals surface area contributed by atoms with Crippen molar-refractivity contribution in [1.82, 2.24) is 14.7 Å². The molecule has 3 heterocycles. The zero-order chi connectivity index (χ0) is 21.3. The van der Waals surface area contributed by atoms with Crippen LogP contribution in [0.5, 0.6) is 5.75 Å². The fraction of sp³-hybridized carbons (Fsp3) is 0.565. The van der Waals surface area contributed by atoms with Gasteiger partial charge in [-0.2, -0.15) is 0 Å². The number of methoxy groups -OCH3 is 1. The van der Waals surface area contributed by atoms with Crippen molar-refractivity contribution in [1.29, 1.82) is 0 Å². The van der Waals surface area contributed by atoms with Crippen molar-refractivity contribution in [2.45, 2.75) is 39.2 Å². The Morgan fingerprint density at radius 2 is 1.70 bits per heavy atom. The minimum Gasteiger partial charge on any atom is -0.497 e. The molecule has 1 atom stereocenters. The minimum absolute atomic E-state index is 0.0193. The molecule has 0 bridgehead atoms. The standard InChI is InChI=1S/C23H31N3O4/c1-16(22(27)25-9-5-4-6-10-25)24-11-13-26(14-12-24)23(28)21-17(2)30-20-8-7-18(29-3)15-19(20)21/h7-8,15-16H,4-6,9-14H2,1-3H3. The molecule has 0 aliphatic carbocycles. The van der Waals surface area contributed by atoms with E-state index in [4.69, 9.17) is 9.15 Å². The van der Waals surface area contributed by atoms with E-state index in [9.17, 15) is 9.59 Å². The molecule has 2 fully saturated rings. The molecule has 1 unspecified atom stereocenters. The van der Waals surface area contributed by atoms with Gasteiger partial charge < -0.3 is 19.0 Å². The first-order chi connectivity index (χ1) is 14.5. The van der Waals surface area contributed by atoms with Gasteiger partial charge in [-0.15, -0.1) is 0 Å². The van der Waals surface area contributed by atoms with Crippen molar-refractivity contribution in [2.24, 2.45) is 0 Å². The number of ether oxygens (including phenoxy) is 1. The van der Waals surface area contributed by atoms with E-state index in [1.807, 2.05) is 41.8 Å². The summed E-state index contributed by atoms with van der Waals surface area (Å²) in [6, 6.07) is 5.39. The molecule has 2 aliphatic rings. The van der Waals surface area contributed by atoms with E-state index < -0.39 is 0 Å². The number of hydrogen-bond donors (Lipinski definition) is 0. The topological polar surface area (TPSA) is 66.2 Å². The summed E-state index contributed by atoms with van der Waals surface area (Å²) in [7, 11) is 1.61. The highest BCUT2D eigenvalue weighted by Gasteiger charge is 2.32. The Morgan fingerprint density at radius 3 is 2.37 bits per heavy atom. The SMILES string of the molecule is COc1ccc2oc(C)c(C(=O)N3CCN(C(C)C(=O)N4CCCCC4)CC3)c2c1. The number of nitrogens with zero attached hydrogens (tertiary/aromatic N) is 3. The summed E-state index contributed by atoms with van der Waals surface area (Å²) in [6.07, 6.45) is 3.42. The van der Waals surface area contributed by atoms with Crippen LogP contribution in [0.3, 0.4) is 0 Å². The molecule has 2 amide bonds. The van der Waals surface area contributed by atoms with Crippen molar-refractivity contribution in [3.63, 3.8) is 0 Å². The van der Waals surface area contributed by atoms with Crippen LogP contribution in [0.4, 0.5) is 0 Å². The summed E-state index contributed by atoms with van der Waals surface area (Å²) in [4.78, 5) is 32.2. The van der Waals surface area contributed by atoms with Crippen LogP contribution in [0.1, 0.15) is 42.3 Å². The maximum atomic E-state index is 13.3. The van der Waals surface area contributed by atoms with E-state index in [1.54, 1.807) is 7.11 Å². The minimum atomic E-state index is -0.138. The van der Waals surface area contributed by atoms with Gasteiger partial charge in [0.2, 0.25) is 5.91 Å². The lowest BCUT2D eigenvalue weighted by molar-refractivity contribution is -0.137. The van der Waals surface area contributed by atoms with Gasteiger partial charge in [0.25, 0.3) is 5.91 Å². The van der Waals surface area contributed by atoms with Crippen LogP contribution in [0.2, 0.25) is 0 Å². The average Bonchev–Trinajstić information content (AvgIpc) is 3.13. The van der Waals surface area contributed by atoms with Gasteiger partial charge in [0.1, 0.15) is 17.1 Å². The highest BCUT2D eigenvalue weighted by Crippen LogP contribution is 2.30. The Kier molecular flexibility index (Phi) is 5.99. The molecule has 0 N–H and O–H groups in total. The lowest BCUT2D eigenvalue weighted by atomic mass is 10.1. The van der Waals surface area contributed by atoms with Crippen molar-refractivity contribution < 1.29 is 18.7 Å². The molecular formula is C23H31N3O4. The van der Waals surface area contributed by atoms with Crippen LogP contribution >= 0.6 is 0 Å². The van der Waals surface area contributed by atoms with Crippen molar-refractivity contribution in [2.75, 3.05) is 46.4 Å². The number of furan rings is 1. The molecule has 162 valence electrons. The van der Waals surface area contributed by atoms with E-state index in [-0.39, 0.29) is 17.9 Å². The number of piperidine rings is 1. The molecular weight excluding hydrogens is 382 g/mol. The first-order valence-electron chi connectivity index (χ1n) is 10.9. The third kappa shape index (κ3) is 3.90. The highest BCUT2D eigenvalue weighted by atomic mass is 16.5. The zero-order valence-corrected chi connectivity index (χ0v) is 18.1. The molecule has 7 heteroatoms. The molecule has 2 aromatic rings. The van der Waals surface area contributed by atoms with Gasteiger partial charge in [0, 0.05) is 44.7 Å². The van der Waals surface area contributed by atoms with Crippen molar-refractivity contribution in [3.05, 3.63) is 29.5 Å². The maximum absolute atomic E-state index is 13.3.